The fourth-order valence-corrected chi connectivity index (χ4v) is 6.27. The van der Waals surface area contributed by atoms with E-state index in [2.05, 4.69) is 0 Å². The summed E-state index contributed by atoms with van der Waals surface area (Å²) in [5.41, 5.74) is 2.31. The molecule has 1 aliphatic heterocycles. The van der Waals surface area contributed by atoms with E-state index < -0.39 is 18.0 Å². The number of fused-ring (bicyclic) bond motifs is 1. The molecular weight excluding hydrogens is 485 g/mol. The van der Waals surface area contributed by atoms with Crippen LogP contribution in [0.15, 0.2) is 68.1 Å². The Labute approximate surface area is 204 Å². The molecule has 1 aliphatic rings. The Hall–Kier alpha value is -1.96. The first-order valence-electron chi connectivity index (χ1n) is 9.79. The van der Waals surface area contributed by atoms with Gasteiger partial charge in [-0.05, 0) is 45.0 Å². The molecular formula is C24H19Cl2NO3S2. The first kappa shape index (κ1) is 23.2. The summed E-state index contributed by atoms with van der Waals surface area (Å²) in [6.07, 6.45) is -1.30. The number of aliphatic hydroxyl groups is 1. The summed E-state index contributed by atoms with van der Waals surface area (Å²) in [7, 11) is 0. The first-order valence-corrected chi connectivity index (χ1v) is 12.2. The molecule has 8 heteroatoms. The molecule has 0 bridgehead atoms. The van der Waals surface area contributed by atoms with Crippen LogP contribution in [0.1, 0.15) is 38.8 Å². The maximum Gasteiger partial charge on any atom is 0.265 e. The normalized spacial score (nSPS) is 14.1. The Bertz CT molecular complexity index is 1130. The number of rotatable bonds is 5. The molecule has 0 saturated heterocycles. The maximum atomic E-state index is 13.0. The monoisotopic (exact) mass is 503 g/mol. The van der Waals surface area contributed by atoms with E-state index in [1.165, 1.54) is 30.4 Å². The SMILES string of the molecule is Cc1ccc(Sc2c(Cl)c3c(c(Cl)c2Sc2ccc(C)cc2)C(=O)N(C(C)O)C3=O)cc1. The average Bonchev–Trinajstić information content (AvgIpc) is 3.02. The molecule has 0 radical (unpaired) electrons. The highest BCUT2D eigenvalue weighted by Gasteiger charge is 2.43. The second kappa shape index (κ2) is 9.12. The maximum absolute atomic E-state index is 13.0. The van der Waals surface area contributed by atoms with Gasteiger partial charge in [-0.25, -0.2) is 4.90 Å². The largest absolute Gasteiger partial charge is 0.373 e. The van der Waals surface area contributed by atoms with E-state index in [4.69, 9.17) is 23.2 Å². The first-order chi connectivity index (χ1) is 15.2. The summed E-state index contributed by atoms with van der Waals surface area (Å²) >= 11 is 16.3. The predicted octanol–water partition coefficient (Wildman–Crippen LogP) is 6.85. The molecule has 1 N–H and O–H groups in total. The van der Waals surface area contributed by atoms with Crippen LogP contribution in [0.2, 0.25) is 10.0 Å². The molecule has 32 heavy (non-hydrogen) atoms. The highest BCUT2D eigenvalue weighted by atomic mass is 35.5. The molecule has 4 rings (SSSR count). The molecule has 1 atom stereocenters. The van der Waals surface area contributed by atoms with Gasteiger partial charge in [0.05, 0.1) is 21.2 Å². The quantitative estimate of drug-likeness (QED) is 0.385. The van der Waals surface area contributed by atoms with Gasteiger partial charge in [0.25, 0.3) is 11.8 Å². The van der Waals surface area contributed by atoms with E-state index in [9.17, 15) is 14.7 Å². The van der Waals surface area contributed by atoms with Crippen LogP contribution in [-0.2, 0) is 0 Å². The molecule has 1 heterocycles. The number of aryl methyl sites for hydroxylation is 2. The van der Waals surface area contributed by atoms with Crippen LogP contribution in [0.3, 0.4) is 0 Å². The molecule has 1 unspecified atom stereocenters. The van der Waals surface area contributed by atoms with E-state index in [1.807, 2.05) is 62.4 Å². The van der Waals surface area contributed by atoms with Crippen molar-refractivity contribution in [2.45, 2.75) is 46.6 Å². The van der Waals surface area contributed by atoms with Crippen molar-refractivity contribution < 1.29 is 14.7 Å². The van der Waals surface area contributed by atoms with E-state index in [1.54, 1.807) is 0 Å². The Kier molecular flexibility index (Phi) is 6.61. The van der Waals surface area contributed by atoms with Gasteiger partial charge in [0, 0.05) is 19.6 Å². The van der Waals surface area contributed by atoms with Gasteiger partial charge < -0.3 is 5.11 Å². The van der Waals surface area contributed by atoms with Crippen molar-refractivity contribution in [1.29, 1.82) is 0 Å². The van der Waals surface area contributed by atoms with Crippen molar-refractivity contribution in [3.8, 4) is 0 Å². The Morgan fingerprint density at radius 3 is 1.41 bits per heavy atom. The van der Waals surface area contributed by atoms with Gasteiger partial charge >= 0.3 is 0 Å². The van der Waals surface area contributed by atoms with Crippen LogP contribution < -0.4 is 0 Å². The zero-order chi connectivity index (χ0) is 23.2. The van der Waals surface area contributed by atoms with E-state index in [-0.39, 0.29) is 21.2 Å². The fourth-order valence-electron chi connectivity index (χ4n) is 3.35. The summed E-state index contributed by atoms with van der Waals surface area (Å²) < 4.78 is 0. The molecule has 164 valence electrons. The molecule has 3 aromatic carbocycles. The second-order valence-electron chi connectivity index (χ2n) is 7.48. The Morgan fingerprint density at radius 2 is 1.09 bits per heavy atom. The number of carbonyl (C=O) groups is 2. The molecule has 0 spiro atoms. The minimum Gasteiger partial charge on any atom is -0.373 e. The van der Waals surface area contributed by atoms with Gasteiger partial charge in [0.1, 0.15) is 6.23 Å². The van der Waals surface area contributed by atoms with E-state index in [0.29, 0.717) is 9.79 Å². The van der Waals surface area contributed by atoms with Crippen LogP contribution in [0.25, 0.3) is 0 Å². The third-order valence-electron chi connectivity index (χ3n) is 5.01. The van der Waals surface area contributed by atoms with Crippen molar-refractivity contribution >= 4 is 58.5 Å². The molecule has 2 amide bonds. The lowest BCUT2D eigenvalue weighted by Crippen LogP contribution is -2.37. The number of aliphatic hydroxyl groups excluding tert-OH is 1. The highest BCUT2D eigenvalue weighted by Crippen LogP contribution is 2.51. The molecule has 4 nitrogen and oxygen atoms in total. The predicted molar refractivity (Wildman–Crippen MR) is 129 cm³/mol. The number of hydrogen-bond acceptors (Lipinski definition) is 5. The van der Waals surface area contributed by atoms with Crippen molar-refractivity contribution in [3.05, 3.63) is 80.8 Å². The third-order valence-corrected chi connectivity index (χ3v) is 8.36. The lowest BCUT2D eigenvalue weighted by molar-refractivity contribution is 0.0214. The number of imide groups is 1. The van der Waals surface area contributed by atoms with Gasteiger partial charge in [0.15, 0.2) is 0 Å². The lowest BCUT2D eigenvalue weighted by atomic mass is 10.1. The number of nitrogens with zero attached hydrogens (tertiary/aromatic N) is 1. The van der Waals surface area contributed by atoms with Crippen LogP contribution in [0.4, 0.5) is 0 Å². The van der Waals surface area contributed by atoms with Crippen molar-refractivity contribution in [2.24, 2.45) is 0 Å². The lowest BCUT2D eigenvalue weighted by Gasteiger charge is -2.16. The van der Waals surface area contributed by atoms with Crippen LogP contribution in [0.5, 0.6) is 0 Å². The second-order valence-corrected chi connectivity index (χ2v) is 10.4. The minimum atomic E-state index is -1.30. The third kappa shape index (κ3) is 4.18. The summed E-state index contributed by atoms with van der Waals surface area (Å²) in [6, 6.07) is 15.8. The van der Waals surface area contributed by atoms with Crippen molar-refractivity contribution in [1.82, 2.24) is 4.90 Å². The molecule has 0 aromatic heterocycles. The van der Waals surface area contributed by atoms with Gasteiger partial charge in [-0.1, -0.05) is 82.1 Å². The summed E-state index contributed by atoms with van der Waals surface area (Å²) in [5, 5.41) is 10.3. The minimum absolute atomic E-state index is 0.0328. The van der Waals surface area contributed by atoms with Gasteiger partial charge in [-0.3, -0.25) is 9.59 Å². The number of amides is 2. The fraction of sp³-hybridized carbons (Fsp3) is 0.167. The Morgan fingerprint density at radius 1 is 0.750 bits per heavy atom. The van der Waals surface area contributed by atoms with Crippen molar-refractivity contribution in [2.75, 3.05) is 0 Å². The standard InChI is InChI=1S/C24H19Cl2NO3S2/c1-12-4-8-15(9-5-12)31-21-19(25)17-18(24(30)27(14(3)28)23(17)29)20(26)22(21)32-16-10-6-13(2)7-11-16/h4-11,14,28H,1-3H3. The van der Waals surface area contributed by atoms with Crippen LogP contribution in [-0.4, -0.2) is 28.0 Å². The smallest absolute Gasteiger partial charge is 0.265 e. The molecule has 3 aromatic rings. The van der Waals surface area contributed by atoms with Gasteiger partial charge in [0.2, 0.25) is 0 Å². The number of carbonyl (C=O) groups excluding carboxylic acids is 2. The molecule has 0 saturated carbocycles. The molecule has 0 aliphatic carbocycles. The van der Waals surface area contributed by atoms with Crippen LogP contribution in [0, 0.1) is 13.8 Å². The summed E-state index contributed by atoms with van der Waals surface area (Å²) in [6.45, 7) is 5.36. The van der Waals surface area contributed by atoms with Crippen molar-refractivity contribution in [3.63, 3.8) is 0 Å². The zero-order valence-electron chi connectivity index (χ0n) is 17.5. The topological polar surface area (TPSA) is 57.6 Å². The zero-order valence-corrected chi connectivity index (χ0v) is 20.6. The number of benzene rings is 3. The average molecular weight is 504 g/mol. The van der Waals surface area contributed by atoms with E-state index in [0.717, 1.165) is 25.8 Å². The number of halogens is 2. The number of hydrogen-bond donors (Lipinski definition) is 1. The van der Waals surface area contributed by atoms with Gasteiger partial charge in [-0.2, -0.15) is 0 Å². The molecule has 0 fully saturated rings. The summed E-state index contributed by atoms with van der Waals surface area (Å²) in [5.74, 6) is -1.30. The Balaban J connectivity index is 1.91. The highest BCUT2D eigenvalue weighted by molar-refractivity contribution is 8.02. The van der Waals surface area contributed by atoms with E-state index >= 15 is 0 Å². The summed E-state index contributed by atoms with van der Waals surface area (Å²) in [4.78, 5) is 29.7. The van der Waals surface area contributed by atoms with Gasteiger partial charge in [-0.15, -0.1) is 0 Å². The van der Waals surface area contributed by atoms with Crippen LogP contribution >= 0.6 is 46.7 Å².